The van der Waals surface area contributed by atoms with Gasteiger partial charge in [-0.1, -0.05) is 13.8 Å². The monoisotopic (exact) mass is 209 g/mol. The molecule has 15 heavy (non-hydrogen) atoms. The van der Waals surface area contributed by atoms with Crippen LogP contribution in [0.4, 0.5) is 4.79 Å². The molecule has 0 saturated heterocycles. The van der Waals surface area contributed by atoms with E-state index in [0.717, 1.165) is 5.56 Å². The molecule has 0 unspecified atom stereocenters. The highest BCUT2D eigenvalue weighted by molar-refractivity contribution is 6.03. The number of aliphatic imine (C=N–C) groups is 1. The summed E-state index contributed by atoms with van der Waals surface area (Å²) in [5, 5.41) is 0. The zero-order valence-corrected chi connectivity index (χ0v) is 9.19. The fraction of sp³-hybridized carbons (Fsp3) is 0.455. The van der Waals surface area contributed by atoms with Crippen LogP contribution in [0.3, 0.4) is 0 Å². The zero-order valence-electron chi connectivity index (χ0n) is 9.19. The molecule has 0 saturated carbocycles. The highest BCUT2D eigenvalue weighted by Crippen LogP contribution is 2.03. The topological polar surface area (TPSA) is 51.8 Å². The fourth-order valence-electron chi connectivity index (χ4n) is 0.942. The Morgan fingerprint density at radius 2 is 2.33 bits per heavy atom. The number of carbonyl (C=O) groups excluding carboxylic acids is 1. The molecule has 0 aliphatic carbocycles. The van der Waals surface area contributed by atoms with E-state index in [9.17, 15) is 4.79 Å². The van der Waals surface area contributed by atoms with Gasteiger partial charge in [0.2, 0.25) is 0 Å². The fourth-order valence-corrected chi connectivity index (χ4v) is 0.942. The van der Waals surface area contributed by atoms with Gasteiger partial charge in [-0.25, -0.2) is 4.79 Å². The van der Waals surface area contributed by atoms with Gasteiger partial charge >= 0.3 is 6.09 Å². The van der Waals surface area contributed by atoms with Gasteiger partial charge in [-0.2, -0.15) is 4.99 Å². The number of rotatable bonds is 3. The average molecular weight is 209 g/mol. The molecular weight excluding hydrogens is 194 g/mol. The molecule has 1 aromatic rings. The Hall–Kier alpha value is -1.58. The van der Waals surface area contributed by atoms with E-state index in [1.807, 2.05) is 13.8 Å². The van der Waals surface area contributed by atoms with Crippen LogP contribution >= 0.6 is 0 Å². The summed E-state index contributed by atoms with van der Waals surface area (Å²) in [7, 11) is 0. The van der Waals surface area contributed by atoms with Crippen molar-refractivity contribution in [2.75, 3.05) is 6.61 Å². The lowest BCUT2D eigenvalue weighted by molar-refractivity contribution is 0.143. The number of carbonyl (C=O) groups is 1. The van der Waals surface area contributed by atoms with E-state index >= 15 is 0 Å². The molecule has 0 atom stereocenters. The van der Waals surface area contributed by atoms with Crippen LogP contribution in [0.5, 0.6) is 0 Å². The lowest BCUT2D eigenvalue weighted by Gasteiger charge is -2.03. The van der Waals surface area contributed by atoms with Gasteiger partial charge in [0.15, 0.2) is 0 Å². The Labute approximate surface area is 89.0 Å². The molecule has 4 nitrogen and oxygen atoms in total. The van der Waals surface area contributed by atoms with Crippen LogP contribution < -0.4 is 0 Å². The maximum absolute atomic E-state index is 11.2. The van der Waals surface area contributed by atoms with Crippen molar-refractivity contribution in [3.8, 4) is 0 Å². The van der Waals surface area contributed by atoms with Crippen molar-refractivity contribution >= 4 is 11.8 Å². The minimum atomic E-state index is -0.553. The molecular formula is C11H15NO3. The summed E-state index contributed by atoms with van der Waals surface area (Å²) >= 11 is 0. The van der Waals surface area contributed by atoms with E-state index in [1.165, 1.54) is 12.5 Å². The maximum Gasteiger partial charge on any atom is 0.433 e. The molecule has 1 amide bonds. The highest BCUT2D eigenvalue weighted by Gasteiger charge is 2.05. The number of hydrogen-bond donors (Lipinski definition) is 0. The Morgan fingerprint density at radius 1 is 1.60 bits per heavy atom. The lowest BCUT2D eigenvalue weighted by Crippen LogP contribution is -2.08. The molecule has 1 heterocycles. The maximum atomic E-state index is 11.2. The first kappa shape index (κ1) is 11.5. The van der Waals surface area contributed by atoms with Crippen LogP contribution in [0.25, 0.3) is 0 Å². The Balaban J connectivity index is 2.52. The van der Waals surface area contributed by atoms with Gasteiger partial charge in [-0.05, 0) is 18.9 Å². The third-order valence-electron chi connectivity index (χ3n) is 1.74. The third-order valence-corrected chi connectivity index (χ3v) is 1.74. The van der Waals surface area contributed by atoms with Crippen LogP contribution in [0.2, 0.25) is 0 Å². The van der Waals surface area contributed by atoms with Crippen molar-refractivity contribution in [2.24, 2.45) is 10.9 Å². The van der Waals surface area contributed by atoms with Crippen LogP contribution in [0.1, 0.15) is 26.3 Å². The molecule has 0 bridgehead atoms. The van der Waals surface area contributed by atoms with Crippen molar-refractivity contribution in [1.29, 1.82) is 0 Å². The summed E-state index contributed by atoms with van der Waals surface area (Å²) in [5.41, 5.74) is 1.38. The first-order valence-corrected chi connectivity index (χ1v) is 4.84. The smallest absolute Gasteiger partial charge is 0.433 e. The van der Waals surface area contributed by atoms with Crippen LogP contribution in [0, 0.1) is 5.92 Å². The van der Waals surface area contributed by atoms with Gasteiger partial charge < -0.3 is 9.15 Å². The lowest BCUT2D eigenvalue weighted by atomic mass is 10.2. The molecule has 0 radical (unpaired) electrons. The summed E-state index contributed by atoms with van der Waals surface area (Å²) in [4.78, 5) is 15.0. The molecule has 1 aromatic heterocycles. The van der Waals surface area contributed by atoms with Crippen molar-refractivity contribution in [3.63, 3.8) is 0 Å². The average Bonchev–Trinajstić information content (AvgIpc) is 2.67. The second-order valence-electron chi connectivity index (χ2n) is 3.68. The van der Waals surface area contributed by atoms with E-state index in [-0.39, 0.29) is 0 Å². The molecule has 82 valence electrons. The van der Waals surface area contributed by atoms with Gasteiger partial charge in [0, 0.05) is 5.56 Å². The van der Waals surface area contributed by atoms with Crippen LogP contribution in [-0.4, -0.2) is 18.4 Å². The second-order valence-corrected chi connectivity index (χ2v) is 3.68. The van der Waals surface area contributed by atoms with Crippen molar-refractivity contribution in [3.05, 3.63) is 24.2 Å². The van der Waals surface area contributed by atoms with E-state index in [0.29, 0.717) is 18.2 Å². The Kier molecular flexibility index (Phi) is 4.09. The number of nitrogens with zero attached hydrogens (tertiary/aromatic N) is 1. The van der Waals surface area contributed by atoms with Crippen molar-refractivity contribution in [2.45, 2.75) is 20.8 Å². The van der Waals surface area contributed by atoms with Crippen molar-refractivity contribution in [1.82, 2.24) is 0 Å². The largest absolute Gasteiger partial charge is 0.472 e. The summed E-state index contributed by atoms with van der Waals surface area (Å²) in [6, 6.07) is 1.74. The van der Waals surface area contributed by atoms with Gasteiger partial charge in [-0.15, -0.1) is 0 Å². The molecule has 1 rings (SSSR count). The number of hydrogen-bond acceptors (Lipinski definition) is 3. The first-order chi connectivity index (χ1) is 7.09. The zero-order chi connectivity index (χ0) is 11.3. The SMILES string of the molecule is C/C(=N/C(=O)OCC(C)C)c1ccoc1. The molecule has 0 fully saturated rings. The standard InChI is InChI=1S/C11H15NO3/c1-8(2)6-15-11(13)12-9(3)10-4-5-14-7-10/h4-5,7-8H,6H2,1-3H3/b12-9-. The molecule has 0 N–H and O–H groups in total. The highest BCUT2D eigenvalue weighted by atomic mass is 16.5. The van der Waals surface area contributed by atoms with E-state index in [4.69, 9.17) is 9.15 Å². The van der Waals surface area contributed by atoms with Gasteiger partial charge in [0.05, 0.1) is 24.8 Å². The first-order valence-electron chi connectivity index (χ1n) is 4.84. The molecule has 0 aromatic carbocycles. The normalized spacial score (nSPS) is 11.9. The number of ether oxygens (including phenoxy) is 1. The third kappa shape index (κ3) is 3.97. The van der Waals surface area contributed by atoms with E-state index < -0.39 is 6.09 Å². The van der Waals surface area contributed by atoms with Crippen molar-refractivity contribution < 1.29 is 13.9 Å². The number of furan rings is 1. The van der Waals surface area contributed by atoms with E-state index in [2.05, 4.69) is 4.99 Å². The predicted octanol–water partition coefficient (Wildman–Crippen LogP) is 2.88. The quantitative estimate of drug-likeness (QED) is 0.719. The minimum Gasteiger partial charge on any atom is -0.472 e. The van der Waals surface area contributed by atoms with Crippen LogP contribution in [0.15, 0.2) is 28.0 Å². The minimum absolute atomic E-state index is 0.318. The molecule has 0 aliphatic rings. The summed E-state index contributed by atoms with van der Waals surface area (Å²) in [5.74, 6) is 0.318. The van der Waals surface area contributed by atoms with Gasteiger partial charge in [-0.3, -0.25) is 0 Å². The summed E-state index contributed by atoms with van der Waals surface area (Å²) in [6.07, 6.45) is 2.52. The van der Waals surface area contributed by atoms with Gasteiger partial charge in [0.1, 0.15) is 0 Å². The molecule has 0 spiro atoms. The molecule has 0 aliphatic heterocycles. The Bertz CT molecular complexity index is 339. The molecule has 4 heteroatoms. The van der Waals surface area contributed by atoms with Crippen LogP contribution in [-0.2, 0) is 4.74 Å². The number of amides is 1. The predicted molar refractivity (Wildman–Crippen MR) is 57.1 cm³/mol. The summed E-state index contributed by atoms with van der Waals surface area (Å²) in [6.45, 7) is 6.07. The Morgan fingerprint density at radius 3 is 2.87 bits per heavy atom. The van der Waals surface area contributed by atoms with Gasteiger partial charge in [0.25, 0.3) is 0 Å². The van der Waals surface area contributed by atoms with E-state index in [1.54, 1.807) is 13.0 Å². The second kappa shape index (κ2) is 5.34. The summed E-state index contributed by atoms with van der Waals surface area (Å²) < 4.78 is 9.80.